The van der Waals surface area contributed by atoms with E-state index in [1.807, 2.05) is 51.1 Å². The van der Waals surface area contributed by atoms with E-state index in [1.165, 1.54) is 42.9 Å². The van der Waals surface area contributed by atoms with E-state index in [4.69, 9.17) is 0 Å². The van der Waals surface area contributed by atoms with Crippen molar-refractivity contribution >= 4 is 31.7 Å². The molecular formula is C24H26N6O4S2. The molecule has 12 heteroatoms. The van der Waals surface area contributed by atoms with E-state index in [-0.39, 0.29) is 21.4 Å². The molecule has 0 aliphatic heterocycles. The quantitative estimate of drug-likeness (QED) is 0.358. The van der Waals surface area contributed by atoms with Crippen LogP contribution in [0.25, 0.3) is 0 Å². The molecule has 2 heterocycles. The number of rotatable bonds is 8. The van der Waals surface area contributed by atoms with Gasteiger partial charge in [0.1, 0.15) is 4.90 Å². The largest absolute Gasteiger partial charge is 0.280 e. The second-order valence-electron chi connectivity index (χ2n) is 9.08. The van der Waals surface area contributed by atoms with Gasteiger partial charge in [0, 0.05) is 29.7 Å². The van der Waals surface area contributed by atoms with Gasteiger partial charge in [-0.3, -0.25) is 9.40 Å². The number of hydrogen-bond donors (Lipinski definition) is 2. The second kappa shape index (κ2) is 9.70. The minimum absolute atomic E-state index is 0.0607. The molecule has 0 saturated heterocycles. The molecule has 4 aromatic rings. The van der Waals surface area contributed by atoms with Crippen molar-refractivity contribution in [2.75, 3.05) is 9.44 Å². The van der Waals surface area contributed by atoms with Gasteiger partial charge in [-0.15, -0.1) is 0 Å². The number of nitrogens with zero attached hydrogens (tertiary/aromatic N) is 4. The van der Waals surface area contributed by atoms with Crippen molar-refractivity contribution in [3.8, 4) is 0 Å². The lowest BCUT2D eigenvalue weighted by molar-refractivity contribution is 0.533. The molecule has 0 fully saturated rings. The van der Waals surface area contributed by atoms with Crippen LogP contribution in [-0.4, -0.2) is 36.6 Å². The smallest absolute Gasteiger partial charge is 0.265 e. The Morgan fingerprint density at radius 3 is 2.06 bits per heavy atom. The van der Waals surface area contributed by atoms with Gasteiger partial charge >= 0.3 is 0 Å². The predicted molar refractivity (Wildman–Crippen MR) is 137 cm³/mol. The maximum Gasteiger partial charge on any atom is 0.265 e. The molecule has 0 atom stereocenters. The van der Waals surface area contributed by atoms with Gasteiger partial charge < -0.3 is 0 Å². The molecule has 4 rings (SSSR count). The third-order valence-corrected chi connectivity index (χ3v) is 7.85. The Labute approximate surface area is 210 Å². The van der Waals surface area contributed by atoms with Crippen LogP contribution in [0.1, 0.15) is 32.0 Å². The second-order valence-corrected chi connectivity index (χ2v) is 12.4. The Hall–Kier alpha value is -3.77. The van der Waals surface area contributed by atoms with Crippen LogP contribution in [0.2, 0.25) is 0 Å². The van der Waals surface area contributed by atoms with Crippen LogP contribution in [0.3, 0.4) is 0 Å². The average molecular weight is 527 g/mol. The lowest BCUT2D eigenvalue weighted by atomic mass is 9.92. The van der Waals surface area contributed by atoms with Crippen LogP contribution in [0.4, 0.5) is 11.6 Å². The molecular weight excluding hydrogens is 500 g/mol. The van der Waals surface area contributed by atoms with Gasteiger partial charge in [-0.05, 0) is 35.9 Å². The fourth-order valence-corrected chi connectivity index (χ4v) is 5.79. The Morgan fingerprint density at radius 2 is 1.44 bits per heavy atom. The highest BCUT2D eigenvalue weighted by molar-refractivity contribution is 7.93. The predicted octanol–water partition coefficient (Wildman–Crippen LogP) is 3.62. The summed E-state index contributed by atoms with van der Waals surface area (Å²) in [4.78, 5) is 7.68. The molecule has 10 nitrogen and oxygen atoms in total. The Balaban J connectivity index is 1.58. The van der Waals surface area contributed by atoms with E-state index in [0.29, 0.717) is 12.2 Å². The van der Waals surface area contributed by atoms with E-state index in [9.17, 15) is 16.8 Å². The topological polar surface area (TPSA) is 136 Å². The van der Waals surface area contributed by atoms with E-state index < -0.39 is 25.5 Å². The number of hydrogen-bond acceptors (Lipinski definition) is 7. The van der Waals surface area contributed by atoms with Gasteiger partial charge in [0.2, 0.25) is 5.95 Å². The Morgan fingerprint density at radius 1 is 0.806 bits per heavy atom. The normalized spacial score (nSPS) is 12.3. The van der Waals surface area contributed by atoms with Crippen molar-refractivity contribution in [1.82, 2.24) is 19.7 Å². The van der Waals surface area contributed by atoms with Gasteiger partial charge in [0.15, 0.2) is 0 Å². The SMILES string of the molecule is CC(C)(C)c1nn(Cc2ccccc2)cc1S(=O)(=O)Nc1ccc(S(=O)(=O)Nc2ncccn2)cc1. The lowest BCUT2D eigenvalue weighted by Crippen LogP contribution is -2.20. The molecule has 0 radical (unpaired) electrons. The monoisotopic (exact) mass is 526 g/mol. The summed E-state index contributed by atoms with van der Waals surface area (Å²) in [5, 5.41) is 4.57. The average Bonchev–Trinajstić information content (AvgIpc) is 3.26. The van der Waals surface area contributed by atoms with Gasteiger partial charge in [-0.2, -0.15) is 5.10 Å². The van der Waals surface area contributed by atoms with Crippen molar-refractivity contribution in [3.05, 3.63) is 90.5 Å². The molecule has 0 saturated carbocycles. The van der Waals surface area contributed by atoms with Gasteiger partial charge in [-0.25, -0.2) is 31.5 Å². The zero-order chi connectivity index (χ0) is 26.0. The molecule has 0 spiro atoms. The summed E-state index contributed by atoms with van der Waals surface area (Å²) >= 11 is 0. The highest BCUT2D eigenvalue weighted by atomic mass is 32.2. The molecule has 0 amide bonds. The fourth-order valence-electron chi connectivity index (χ4n) is 3.41. The van der Waals surface area contributed by atoms with Crippen LogP contribution in [0, 0.1) is 0 Å². The van der Waals surface area contributed by atoms with Crippen molar-refractivity contribution in [1.29, 1.82) is 0 Å². The lowest BCUT2D eigenvalue weighted by Gasteiger charge is -2.18. The number of sulfonamides is 2. The summed E-state index contributed by atoms with van der Waals surface area (Å²) in [5.41, 5.74) is 1.09. The maximum atomic E-state index is 13.3. The molecule has 2 aromatic carbocycles. The summed E-state index contributed by atoms with van der Waals surface area (Å²) in [7, 11) is -7.96. The van der Waals surface area contributed by atoms with Crippen LogP contribution >= 0.6 is 0 Å². The van der Waals surface area contributed by atoms with Crippen molar-refractivity contribution in [3.63, 3.8) is 0 Å². The zero-order valence-corrected chi connectivity index (χ0v) is 21.6. The van der Waals surface area contributed by atoms with Crippen molar-refractivity contribution < 1.29 is 16.8 Å². The van der Waals surface area contributed by atoms with Crippen LogP contribution in [0.15, 0.2) is 89.0 Å². The summed E-state index contributed by atoms with van der Waals surface area (Å²) in [5.74, 6) is -0.0653. The summed E-state index contributed by atoms with van der Waals surface area (Å²) in [6.45, 7) is 6.10. The van der Waals surface area contributed by atoms with Crippen LogP contribution in [0.5, 0.6) is 0 Å². The molecule has 0 unspecified atom stereocenters. The molecule has 36 heavy (non-hydrogen) atoms. The summed E-state index contributed by atoms with van der Waals surface area (Å²) in [6, 6.07) is 16.5. The molecule has 188 valence electrons. The number of aromatic nitrogens is 4. The Bertz CT molecular complexity index is 1550. The third-order valence-electron chi connectivity index (χ3n) is 5.12. The standard InChI is InChI=1S/C24H26N6O4S2/c1-24(2,3)22-21(17-30(27-22)16-18-8-5-4-6-9-18)36(33,34)28-19-10-12-20(13-11-19)35(31,32)29-23-25-14-7-15-26-23/h4-15,17,28H,16H2,1-3H3,(H,25,26,29). The molecule has 0 aliphatic carbocycles. The number of benzene rings is 2. The molecule has 2 N–H and O–H groups in total. The first kappa shape index (κ1) is 25.3. The van der Waals surface area contributed by atoms with E-state index in [1.54, 1.807) is 10.7 Å². The number of nitrogens with one attached hydrogen (secondary N) is 2. The highest BCUT2D eigenvalue weighted by Crippen LogP contribution is 2.29. The van der Waals surface area contributed by atoms with E-state index in [2.05, 4.69) is 24.5 Å². The van der Waals surface area contributed by atoms with E-state index >= 15 is 0 Å². The minimum atomic E-state index is -4.01. The summed E-state index contributed by atoms with van der Waals surface area (Å²) in [6.07, 6.45) is 4.34. The van der Waals surface area contributed by atoms with Gasteiger partial charge in [-0.1, -0.05) is 51.1 Å². The van der Waals surface area contributed by atoms with E-state index in [0.717, 1.165) is 5.56 Å². The highest BCUT2D eigenvalue weighted by Gasteiger charge is 2.30. The maximum absolute atomic E-state index is 13.3. The first-order chi connectivity index (χ1) is 16.9. The first-order valence-corrected chi connectivity index (χ1v) is 14.0. The zero-order valence-electron chi connectivity index (χ0n) is 20.0. The van der Waals surface area contributed by atoms with Crippen molar-refractivity contribution in [2.45, 2.75) is 42.5 Å². The summed E-state index contributed by atoms with van der Waals surface area (Å²) < 4.78 is 58.3. The Kier molecular flexibility index (Phi) is 6.83. The fraction of sp³-hybridized carbons (Fsp3) is 0.208. The van der Waals surface area contributed by atoms with Crippen molar-refractivity contribution in [2.24, 2.45) is 0 Å². The number of anilines is 2. The molecule has 0 aliphatic rings. The molecule has 2 aromatic heterocycles. The van der Waals surface area contributed by atoms with Crippen LogP contribution in [-0.2, 0) is 32.0 Å². The van der Waals surface area contributed by atoms with Crippen LogP contribution < -0.4 is 9.44 Å². The first-order valence-electron chi connectivity index (χ1n) is 11.0. The molecule has 0 bridgehead atoms. The van der Waals surface area contributed by atoms with Gasteiger partial charge in [0.05, 0.1) is 17.1 Å². The minimum Gasteiger partial charge on any atom is -0.280 e. The van der Waals surface area contributed by atoms with Gasteiger partial charge in [0.25, 0.3) is 20.0 Å². The third kappa shape index (κ3) is 5.89.